The summed E-state index contributed by atoms with van der Waals surface area (Å²) in [6.45, 7) is 3.77. The number of nitrogens with zero attached hydrogens (tertiary/aromatic N) is 1. The van der Waals surface area contributed by atoms with Crippen molar-refractivity contribution in [3.63, 3.8) is 0 Å². The topological polar surface area (TPSA) is 29.4 Å². The van der Waals surface area contributed by atoms with E-state index in [1.807, 2.05) is 26.0 Å². The van der Waals surface area contributed by atoms with E-state index in [1.165, 1.54) is 0 Å². The lowest BCUT2D eigenvalue weighted by Crippen LogP contribution is -2.10. The predicted molar refractivity (Wildman–Crippen MR) is 53.2 cm³/mol. The zero-order chi connectivity index (χ0) is 9.19. The first-order valence-corrected chi connectivity index (χ1v) is 5.02. The van der Waals surface area contributed by atoms with Crippen LogP contribution in [0.25, 0.3) is 0 Å². The molecule has 0 N–H and O–H groups in total. The molecule has 1 rings (SSSR count). The monoisotopic (exact) mass is 245 g/mol. The summed E-state index contributed by atoms with van der Waals surface area (Å²) in [7, 11) is 0. The molecule has 0 saturated heterocycles. The van der Waals surface area contributed by atoms with Gasteiger partial charge in [-0.2, -0.15) is 4.99 Å². The van der Waals surface area contributed by atoms with Crippen molar-refractivity contribution in [3.8, 4) is 0 Å². The number of halogens is 1. The van der Waals surface area contributed by atoms with Crippen LogP contribution in [0.15, 0.2) is 20.9 Å². The fourth-order valence-electron chi connectivity index (χ4n) is 0.812. The molecule has 0 aromatic carbocycles. The number of carbonyl (C=O) groups excluding carboxylic acids is 1. The highest BCUT2D eigenvalue weighted by atomic mass is 79.9. The van der Waals surface area contributed by atoms with Crippen LogP contribution in [0.1, 0.15) is 18.7 Å². The quantitative estimate of drug-likeness (QED) is 0.582. The van der Waals surface area contributed by atoms with Gasteiger partial charge < -0.3 is 0 Å². The van der Waals surface area contributed by atoms with E-state index in [-0.39, 0.29) is 0 Å². The first kappa shape index (κ1) is 9.65. The SMILES string of the molecule is CC(C)(N=C=O)c1ccc(Br)s1. The third-order valence-corrected chi connectivity index (χ3v) is 3.44. The molecule has 0 aliphatic carbocycles. The average molecular weight is 246 g/mol. The lowest BCUT2D eigenvalue weighted by atomic mass is 10.1. The highest BCUT2D eigenvalue weighted by Gasteiger charge is 2.20. The second-order valence-corrected chi connectivity index (χ2v) is 5.33. The number of hydrogen-bond donors (Lipinski definition) is 0. The number of rotatable bonds is 2. The summed E-state index contributed by atoms with van der Waals surface area (Å²) in [4.78, 5) is 14.9. The molecule has 0 aliphatic rings. The third-order valence-electron chi connectivity index (χ3n) is 1.50. The Morgan fingerprint density at radius 3 is 2.67 bits per heavy atom. The van der Waals surface area contributed by atoms with E-state index in [9.17, 15) is 4.79 Å². The van der Waals surface area contributed by atoms with Gasteiger partial charge in [0.25, 0.3) is 0 Å². The Labute approximate surface area is 83.5 Å². The summed E-state index contributed by atoms with van der Waals surface area (Å²) >= 11 is 4.93. The Morgan fingerprint density at radius 1 is 1.58 bits per heavy atom. The molecule has 4 heteroatoms. The summed E-state index contributed by atoms with van der Waals surface area (Å²) in [5.41, 5.74) is -0.446. The van der Waals surface area contributed by atoms with E-state index in [0.29, 0.717) is 0 Å². The Bertz CT molecular complexity index is 326. The van der Waals surface area contributed by atoms with Crippen molar-refractivity contribution >= 4 is 33.3 Å². The second kappa shape index (κ2) is 3.52. The molecule has 0 fully saturated rings. The van der Waals surface area contributed by atoms with E-state index in [4.69, 9.17) is 0 Å². The summed E-state index contributed by atoms with van der Waals surface area (Å²) in [6.07, 6.45) is 1.58. The molecule has 0 bridgehead atoms. The minimum absolute atomic E-state index is 0.446. The fraction of sp³-hybridized carbons (Fsp3) is 0.375. The predicted octanol–water partition coefficient (Wildman–Crippen LogP) is 3.08. The smallest absolute Gasteiger partial charge is 0.211 e. The van der Waals surface area contributed by atoms with Crippen molar-refractivity contribution in [1.82, 2.24) is 0 Å². The van der Waals surface area contributed by atoms with E-state index in [2.05, 4.69) is 20.9 Å². The van der Waals surface area contributed by atoms with Crippen LogP contribution in [0.2, 0.25) is 0 Å². The van der Waals surface area contributed by atoms with E-state index in [1.54, 1.807) is 17.4 Å². The zero-order valence-electron chi connectivity index (χ0n) is 6.80. The van der Waals surface area contributed by atoms with Crippen LogP contribution in [0.5, 0.6) is 0 Å². The maximum atomic E-state index is 10.1. The molecule has 0 spiro atoms. The molecule has 0 unspecified atom stereocenters. The molecule has 1 heterocycles. The molecule has 0 atom stereocenters. The van der Waals surface area contributed by atoms with Gasteiger partial charge in [0.05, 0.1) is 3.79 Å². The van der Waals surface area contributed by atoms with Crippen LogP contribution in [0.3, 0.4) is 0 Å². The van der Waals surface area contributed by atoms with Gasteiger partial charge in [0, 0.05) is 4.88 Å². The summed E-state index contributed by atoms with van der Waals surface area (Å²) in [5, 5.41) is 0. The summed E-state index contributed by atoms with van der Waals surface area (Å²) < 4.78 is 1.05. The van der Waals surface area contributed by atoms with Crippen LogP contribution in [-0.2, 0) is 10.3 Å². The average Bonchev–Trinajstić information content (AvgIpc) is 2.36. The first-order chi connectivity index (χ1) is 5.56. The maximum Gasteiger partial charge on any atom is 0.235 e. The summed E-state index contributed by atoms with van der Waals surface area (Å²) in [6, 6.07) is 3.90. The fourth-order valence-corrected chi connectivity index (χ4v) is 2.25. The van der Waals surface area contributed by atoms with Crippen LogP contribution in [-0.4, -0.2) is 6.08 Å². The van der Waals surface area contributed by atoms with Crippen molar-refractivity contribution in [3.05, 3.63) is 20.8 Å². The van der Waals surface area contributed by atoms with E-state index in [0.717, 1.165) is 8.66 Å². The number of hydrogen-bond acceptors (Lipinski definition) is 3. The lowest BCUT2D eigenvalue weighted by Gasteiger charge is -2.13. The Morgan fingerprint density at radius 2 is 2.25 bits per heavy atom. The van der Waals surface area contributed by atoms with Gasteiger partial charge in [0.15, 0.2) is 0 Å². The van der Waals surface area contributed by atoms with Gasteiger partial charge in [-0.25, -0.2) is 4.79 Å². The van der Waals surface area contributed by atoms with Gasteiger partial charge in [0.1, 0.15) is 5.54 Å². The van der Waals surface area contributed by atoms with Crippen molar-refractivity contribution in [2.75, 3.05) is 0 Å². The molecule has 0 aliphatic heterocycles. The largest absolute Gasteiger partial charge is 0.235 e. The van der Waals surface area contributed by atoms with Crippen molar-refractivity contribution < 1.29 is 4.79 Å². The number of thiophene rings is 1. The number of isocyanates is 1. The molecule has 12 heavy (non-hydrogen) atoms. The molecular weight excluding hydrogens is 238 g/mol. The molecule has 0 radical (unpaired) electrons. The van der Waals surface area contributed by atoms with Gasteiger partial charge >= 0.3 is 0 Å². The second-order valence-electron chi connectivity index (χ2n) is 2.87. The first-order valence-electron chi connectivity index (χ1n) is 3.41. The van der Waals surface area contributed by atoms with Gasteiger partial charge in [-0.1, -0.05) is 0 Å². The van der Waals surface area contributed by atoms with E-state index < -0.39 is 5.54 Å². The Balaban J connectivity index is 3.04. The molecule has 0 saturated carbocycles. The van der Waals surface area contributed by atoms with Gasteiger partial charge in [0.2, 0.25) is 6.08 Å². The highest BCUT2D eigenvalue weighted by Crippen LogP contribution is 2.33. The third kappa shape index (κ3) is 2.03. The zero-order valence-corrected chi connectivity index (χ0v) is 9.20. The van der Waals surface area contributed by atoms with Crippen molar-refractivity contribution in [1.29, 1.82) is 0 Å². The molecule has 1 aromatic rings. The minimum atomic E-state index is -0.446. The van der Waals surface area contributed by atoms with Gasteiger partial charge in [-0.3, -0.25) is 0 Å². The normalized spacial score (nSPS) is 10.9. The number of aliphatic imine (C=N–C) groups is 1. The van der Waals surface area contributed by atoms with Crippen LogP contribution in [0.4, 0.5) is 0 Å². The molecule has 2 nitrogen and oxygen atoms in total. The molecule has 64 valence electrons. The summed E-state index contributed by atoms with van der Waals surface area (Å²) in [5.74, 6) is 0. The van der Waals surface area contributed by atoms with E-state index >= 15 is 0 Å². The molecular formula is C8H8BrNOS. The molecule has 1 aromatic heterocycles. The van der Waals surface area contributed by atoms with Gasteiger partial charge in [-0.05, 0) is 41.9 Å². The minimum Gasteiger partial charge on any atom is -0.211 e. The van der Waals surface area contributed by atoms with Crippen LogP contribution >= 0.6 is 27.3 Å². The van der Waals surface area contributed by atoms with Gasteiger partial charge in [-0.15, -0.1) is 11.3 Å². The standard InChI is InChI=1S/C8H8BrNOS/c1-8(2,10-5-11)6-3-4-7(9)12-6/h3-4H,1-2H3. The van der Waals surface area contributed by atoms with Crippen molar-refractivity contribution in [2.24, 2.45) is 4.99 Å². The maximum absolute atomic E-state index is 10.1. The van der Waals surface area contributed by atoms with Crippen molar-refractivity contribution in [2.45, 2.75) is 19.4 Å². The Hall–Kier alpha value is -0.440. The van der Waals surface area contributed by atoms with Crippen LogP contribution < -0.4 is 0 Å². The molecule has 0 amide bonds. The van der Waals surface area contributed by atoms with Crippen LogP contribution in [0, 0.1) is 0 Å². The lowest BCUT2D eigenvalue weighted by molar-refractivity contribution is 0.528. The Kier molecular flexibility index (Phi) is 2.83. The highest BCUT2D eigenvalue weighted by molar-refractivity contribution is 9.11.